The summed E-state index contributed by atoms with van der Waals surface area (Å²) in [5.74, 6) is -0.323. The number of fused-ring (bicyclic) bond motifs is 1. The van der Waals surface area contributed by atoms with Gasteiger partial charge in [-0.25, -0.2) is 0 Å². The summed E-state index contributed by atoms with van der Waals surface area (Å²) in [6, 6.07) is 10.4. The molecule has 0 bridgehead atoms. The van der Waals surface area contributed by atoms with Crippen molar-refractivity contribution in [3.05, 3.63) is 65.1 Å². The molecule has 0 aliphatic heterocycles. The lowest BCUT2D eigenvalue weighted by atomic mass is 9.90. The van der Waals surface area contributed by atoms with Crippen LogP contribution in [-0.2, 0) is 0 Å². The Kier molecular flexibility index (Phi) is 6.77. The molecule has 1 aromatic carbocycles. The van der Waals surface area contributed by atoms with E-state index in [1.165, 1.54) is 0 Å². The average molecular weight is 433 g/mol. The summed E-state index contributed by atoms with van der Waals surface area (Å²) in [4.78, 5) is 32.3. The zero-order chi connectivity index (χ0) is 19.5. The number of nitrogens with zero attached hydrogens (tertiary/aromatic N) is 1. The summed E-state index contributed by atoms with van der Waals surface area (Å²) in [5.41, 5.74) is 1.92. The van der Waals surface area contributed by atoms with Gasteiger partial charge in [-0.15, -0.1) is 12.4 Å². The molecule has 2 amide bonds. The first-order valence-corrected chi connectivity index (χ1v) is 9.78. The SMILES string of the molecule is Cl.O=C(N[C@H]1CCCC[C@H]1NC(=O)c1cc2cc(Cl)ccc2[nH]1)c1ccncc1. The highest BCUT2D eigenvalue weighted by molar-refractivity contribution is 6.31. The number of benzene rings is 1. The largest absolute Gasteiger partial charge is 0.351 e. The van der Waals surface area contributed by atoms with Crippen molar-refractivity contribution in [2.75, 3.05) is 0 Å². The Morgan fingerprint density at radius 1 is 0.966 bits per heavy atom. The smallest absolute Gasteiger partial charge is 0.268 e. The second kappa shape index (κ2) is 9.29. The van der Waals surface area contributed by atoms with Crippen LogP contribution >= 0.6 is 24.0 Å². The van der Waals surface area contributed by atoms with Crippen molar-refractivity contribution in [3.63, 3.8) is 0 Å². The van der Waals surface area contributed by atoms with E-state index in [-0.39, 0.29) is 36.3 Å². The van der Waals surface area contributed by atoms with Crippen LogP contribution in [0.3, 0.4) is 0 Å². The monoisotopic (exact) mass is 432 g/mol. The molecule has 2 heterocycles. The minimum atomic E-state index is -0.178. The van der Waals surface area contributed by atoms with Crippen LogP contribution < -0.4 is 10.6 Å². The number of nitrogens with one attached hydrogen (secondary N) is 3. The molecule has 4 rings (SSSR count). The van der Waals surface area contributed by atoms with Crippen LogP contribution in [0.4, 0.5) is 0 Å². The summed E-state index contributed by atoms with van der Waals surface area (Å²) in [6.45, 7) is 0. The molecule has 2 atom stereocenters. The number of hydrogen-bond donors (Lipinski definition) is 3. The number of aromatic amines is 1. The zero-order valence-corrected chi connectivity index (χ0v) is 17.2. The molecule has 1 aliphatic rings. The number of aromatic nitrogens is 2. The van der Waals surface area contributed by atoms with E-state index in [4.69, 9.17) is 11.6 Å². The second-order valence-electron chi connectivity index (χ2n) is 7.09. The van der Waals surface area contributed by atoms with Gasteiger partial charge in [0.2, 0.25) is 0 Å². The fourth-order valence-electron chi connectivity index (χ4n) is 3.70. The standard InChI is InChI=1S/C21H21ClN4O2.ClH/c22-15-5-6-16-14(11-15)12-19(24-16)21(28)26-18-4-2-1-3-17(18)25-20(27)13-7-9-23-10-8-13;/h5-12,17-18,24H,1-4H2,(H,25,27)(H,26,28);1H/t17-,18+;/m0./s1. The van der Waals surface area contributed by atoms with Gasteiger partial charge < -0.3 is 15.6 Å². The predicted molar refractivity (Wildman–Crippen MR) is 116 cm³/mol. The molecule has 29 heavy (non-hydrogen) atoms. The van der Waals surface area contributed by atoms with Gasteiger partial charge in [0.05, 0.1) is 0 Å². The van der Waals surface area contributed by atoms with E-state index in [2.05, 4.69) is 20.6 Å². The van der Waals surface area contributed by atoms with Crippen LogP contribution in [-0.4, -0.2) is 33.9 Å². The highest BCUT2D eigenvalue weighted by atomic mass is 35.5. The number of carbonyl (C=O) groups is 2. The molecule has 2 aromatic heterocycles. The maximum Gasteiger partial charge on any atom is 0.268 e. The third kappa shape index (κ3) is 4.89. The molecule has 152 valence electrons. The summed E-state index contributed by atoms with van der Waals surface area (Å²) in [6.07, 6.45) is 6.91. The lowest BCUT2D eigenvalue weighted by Crippen LogP contribution is -2.53. The Hall–Kier alpha value is -2.57. The van der Waals surface area contributed by atoms with Crippen molar-refractivity contribution in [2.45, 2.75) is 37.8 Å². The average Bonchev–Trinajstić information content (AvgIpc) is 3.13. The van der Waals surface area contributed by atoms with E-state index in [0.29, 0.717) is 16.3 Å². The minimum Gasteiger partial charge on any atom is -0.351 e. The number of halogens is 2. The van der Waals surface area contributed by atoms with Gasteiger partial charge in [-0.3, -0.25) is 14.6 Å². The molecule has 1 aliphatic carbocycles. The fraction of sp³-hybridized carbons (Fsp3) is 0.286. The Bertz CT molecular complexity index is 1010. The summed E-state index contributed by atoms with van der Waals surface area (Å²) in [5, 5.41) is 7.68. The maximum atomic E-state index is 12.8. The van der Waals surface area contributed by atoms with Crippen LogP contribution in [0.25, 0.3) is 10.9 Å². The molecule has 0 unspecified atom stereocenters. The van der Waals surface area contributed by atoms with Crippen molar-refractivity contribution in [1.82, 2.24) is 20.6 Å². The normalized spacial score (nSPS) is 18.7. The first-order valence-electron chi connectivity index (χ1n) is 9.40. The highest BCUT2D eigenvalue weighted by Crippen LogP contribution is 2.22. The number of pyridine rings is 1. The van der Waals surface area contributed by atoms with Gasteiger partial charge in [0.25, 0.3) is 11.8 Å². The Morgan fingerprint density at radius 2 is 1.62 bits per heavy atom. The van der Waals surface area contributed by atoms with Gasteiger partial charge in [0.15, 0.2) is 0 Å². The molecular formula is C21H22Cl2N4O2. The Morgan fingerprint density at radius 3 is 2.31 bits per heavy atom. The molecule has 8 heteroatoms. The van der Waals surface area contributed by atoms with Gasteiger partial charge >= 0.3 is 0 Å². The number of carbonyl (C=O) groups excluding carboxylic acids is 2. The van der Waals surface area contributed by atoms with Gasteiger partial charge in [0, 0.05) is 46.0 Å². The number of hydrogen-bond acceptors (Lipinski definition) is 3. The van der Waals surface area contributed by atoms with Crippen LogP contribution in [0.5, 0.6) is 0 Å². The summed E-state index contributed by atoms with van der Waals surface area (Å²) >= 11 is 6.02. The summed E-state index contributed by atoms with van der Waals surface area (Å²) < 4.78 is 0. The maximum absolute atomic E-state index is 12.8. The Balaban J connectivity index is 0.00000240. The molecule has 1 saturated carbocycles. The first kappa shape index (κ1) is 21.1. The van der Waals surface area contributed by atoms with Gasteiger partial charge in [0.1, 0.15) is 5.69 Å². The molecule has 1 fully saturated rings. The van der Waals surface area contributed by atoms with Crippen molar-refractivity contribution < 1.29 is 9.59 Å². The fourth-order valence-corrected chi connectivity index (χ4v) is 3.88. The van der Waals surface area contributed by atoms with Gasteiger partial charge in [-0.2, -0.15) is 0 Å². The van der Waals surface area contributed by atoms with Gasteiger partial charge in [-0.05, 0) is 49.2 Å². The number of amides is 2. The van der Waals surface area contributed by atoms with E-state index < -0.39 is 0 Å². The second-order valence-corrected chi connectivity index (χ2v) is 7.53. The number of rotatable bonds is 4. The van der Waals surface area contributed by atoms with Crippen molar-refractivity contribution in [3.8, 4) is 0 Å². The van der Waals surface area contributed by atoms with Crippen molar-refractivity contribution in [1.29, 1.82) is 0 Å². The Labute approximate surface area is 179 Å². The van der Waals surface area contributed by atoms with E-state index >= 15 is 0 Å². The lowest BCUT2D eigenvalue weighted by molar-refractivity contribution is 0.0860. The topological polar surface area (TPSA) is 86.9 Å². The third-order valence-electron chi connectivity index (χ3n) is 5.17. The van der Waals surface area contributed by atoms with E-state index in [9.17, 15) is 9.59 Å². The molecular weight excluding hydrogens is 411 g/mol. The molecule has 0 saturated heterocycles. The van der Waals surface area contributed by atoms with Crippen molar-refractivity contribution >= 4 is 46.7 Å². The van der Waals surface area contributed by atoms with Crippen LogP contribution in [0.15, 0.2) is 48.8 Å². The molecule has 3 aromatic rings. The number of H-pyrrole nitrogens is 1. The molecule has 0 spiro atoms. The van der Waals surface area contributed by atoms with Crippen LogP contribution in [0.1, 0.15) is 46.5 Å². The third-order valence-corrected chi connectivity index (χ3v) is 5.40. The van der Waals surface area contributed by atoms with E-state index in [0.717, 1.165) is 36.6 Å². The summed E-state index contributed by atoms with van der Waals surface area (Å²) in [7, 11) is 0. The van der Waals surface area contributed by atoms with E-state index in [1.54, 1.807) is 36.7 Å². The quantitative estimate of drug-likeness (QED) is 0.579. The first-order chi connectivity index (χ1) is 13.6. The zero-order valence-electron chi connectivity index (χ0n) is 15.7. The molecule has 6 nitrogen and oxygen atoms in total. The van der Waals surface area contributed by atoms with Crippen LogP contribution in [0.2, 0.25) is 5.02 Å². The van der Waals surface area contributed by atoms with E-state index in [1.807, 2.05) is 12.1 Å². The lowest BCUT2D eigenvalue weighted by Gasteiger charge is -2.32. The predicted octanol–water partition coefficient (Wildman–Crippen LogP) is 4.11. The van der Waals surface area contributed by atoms with Crippen molar-refractivity contribution in [2.24, 2.45) is 0 Å². The minimum absolute atomic E-state index is 0. The molecule has 3 N–H and O–H groups in total. The highest BCUT2D eigenvalue weighted by Gasteiger charge is 2.28. The molecule has 0 radical (unpaired) electrons. The van der Waals surface area contributed by atoms with Gasteiger partial charge in [-0.1, -0.05) is 24.4 Å². The van der Waals surface area contributed by atoms with Crippen LogP contribution in [0, 0.1) is 0 Å².